The maximum Gasteiger partial charge on any atom is 0.343 e. The Hall–Kier alpha value is -1.52. The number of allylic oxidation sites excluding steroid dienone is 1. The number of methoxy groups -OCH3 is 2. The number of hydrogen-bond donors (Lipinski definition) is 4. The first kappa shape index (κ1) is 26.5. The second-order valence-corrected chi connectivity index (χ2v) is 7.54. The molecule has 1 aliphatic rings. The van der Waals surface area contributed by atoms with Crippen LogP contribution in [-0.2, 0) is 19.0 Å². The van der Waals surface area contributed by atoms with E-state index >= 15 is 0 Å². The minimum Gasteiger partial charge on any atom is -0.481 e. The molecule has 0 aromatic heterocycles. The highest BCUT2D eigenvalue weighted by molar-refractivity contribution is 9.12. The van der Waals surface area contributed by atoms with Crippen molar-refractivity contribution in [2.24, 2.45) is 0 Å². The van der Waals surface area contributed by atoms with Crippen molar-refractivity contribution >= 4 is 45.1 Å². The highest BCUT2D eigenvalue weighted by Gasteiger charge is 2.15. The van der Waals surface area contributed by atoms with Crippen LogP contribution in [0.25, 0.3) is 4.91 Å². The van der Waals surface area contributed by atoms with Crippen molar-refractivity contribution in [2.45, 2.75) is 18.9 Å². The van der Waals surface area contributed by atoms with Crippen molar-refractivity contribution in [1.82, 2.24) is 5.32 Å². The van der Waals surface area contributed by atoms with Gasteiger partial charge in [0.2, 0.25) is 0 Å². The lowest BCUT2D eigenvalue weighted by Crippen LogP contribution is -2.35. The van der Waals surface area contributed by atoms with E-state index in [-0.39, 0.29) is 6.61 Å². The number of benzene rings is 1. The molecule has 3 N–H and O–H groups in total. The number of nitrogens with one attached hydrogen (secondary N) is 2. The van der Waals surface area contributed by atoms with Gasteiger partial charge in [-0.15, -0.1) is 12.6 Å². The van der Waals surface area contributed by atoms with E-state index in [1.807, 2.05) is 12.1 Å². The topological polar surface area (TPSA) is 89.0 Å². The monoisotopic (exact) mass is 502 g/mol. The summed E-state index contributed by atoms with van der Waals surface area (Å²) < 4.78 is 15.9. The SMILES string of the molecule is CO.COC/C=C(OCC(=O)OC)/C(Br)=C(\S)c1cccc(NC2CCNCC2)c1. The van der Waals surface area contributed by atoms with Crippen molar-refractivity contribution in [3.63, 3.8) is 0 Å². The third-order valence-electron chi connectivity index (χ3n) is 4.28. The lowest BCUT2D eigenvalue weighted by Gasteiger charge is -2.25. The fraction of sp³-hybridized carbons (Fsp3) is 0.476. The number of anilines is 1. The molecule has 1 saturated heterocycles. The molecule has 1 aliphatic heterocycles. The van der Waals surface area contributed by atoms with E-state index in [2.05, 4.69) is 56.1 Å². The van der Waals surface area contributed by atoms with Crippen molar-refractivity contribution < 1.29 is 24.1 Å². The minimum absolute atomic E-state index is 0.195. The van der Waals surface area contributed by atoms with E-state index in [0.29, 0.717) is 27.8 Å². The Morgan fingerprint density at radius 3 is 2.67 bits per heavy atom. The molecular formula is C21H31BrN2O5S. The molecule has 1 heterocycles. The maximum atomic E-state index is 11.4. The number of halogens is 1. The van der Waals surface area contributed by atoms with E-state index < -0.39 is 5.97 Å². The van der Waals surface area contributed by atoms with Crippen LogP contribution in [0.1, 0.15) is 18.4 Å². The van der Waals surface area contributed by atoms with Crippen LogP contribution in [0, 0.1) is 0 Å². The molecule has 0 radical (unpaired) electrons. The molecule has 1 aromatic carbocycles. The van der Waals surface area contributed by atoms with Crippen LogP contribution in [-0.4, -0.2) is 64.8 Å². The number of ether oxygens (including phenoxy) is 3. The zero-order valence-electron chi connectivity index (χ0n) is 17.6. The van der Waals surface area contributed by atoms with E-state index in [9.17, 15) is 4.79 Å². The first-order valence-corrected chi connectivity index (χ1v) is 10.8. The molecular weight excluding hydrogens is 472 g/mol. The van der Waals surface area contributed by atoms with Crippen LogP contribution in [0.4, 0.5) is 5.69 Å². The second kappa shape index (κ2) is 15.3. The summed E-state index contributed by atoms with van der Waals surface area (Å²) in [7, 11) is 3.91. The zero-order valence-corrected chi connectivity index (χ0v) is 20.1. The molecule has 0 bridgehead atoms. The fourth-order valence-electron chi connectivity index (χ4n) is 2.77. The van der Waals surface area contributed by atoms with Gasteiger partial charge in [-0.05, 0) is 65.6 Å². The molecule has 1 aromatic rings. The average molecular weight is 503 g/mol. The van der Waals surface area contributed by atoms with Gasteiger partial charge in [0.05, 0.1) is 18.2 Å². The summed E-state index contributed by atoms with van der Waals surface area (Å²) in [5.74, 6) is 0.00599. The van der Waals surface area contributed by atoms with Crippen LogP contribution in [0.2, 0.25) is 0 Å². The van der Waals surface area contributed by atoms with Gasteiger partial charge >= 0.3 is 5.97 Å². The summed E-state index contributed by atoms with van der Waals surface area (Å²) in [5.41, 5.74) is 1.98. The Morgan fingerprint density at radius 2 is 2.03 bits per heavy atom. The third-order valence-corrected chi connectivity index (χ3v) is 5.85. The number of aliphatic hydroxyl groups excluding tert-OH is 1. The molecule has 0 saturated carbocycles. The summed E-state index contributed by atoms with van der Waals surface area (Å²) in [6.45, 7) is 2.21. The van der Waals surface area contributed by atoms with Crippen LogP contribution >= 0.6 is 28.6 Å². The van der Waals surface area contributed by atoms with Crippen LogP contribution < -0.4 is 10.6 Å². The molecule has 0 aliphatic carbocycles. The predicted molar refractivity (Wildman–Crippen MR) is 127 cm³/mol. The summed E-state index contributed by atoms with van der Waals surface area (Å²) in [4.78, 5) is 12.1. The van der Waals surface area contributed by atoms with Crippen LogP contribution in [0.15, 0.2) is 40.6 Å². The minimum atomic E-state index is -0.461. The number of carbonyl (C=O) groups is 1. The van der Waals surface area contributed by atoms with Gasteiger partial charge in [0.1, 0.15) is 5.76 Å². The highest BCUT2D eigenvalue weighted by Crippen LogP contribution is 2.33. The summed E-state index contributed by atoms with van der Waals surface area (Å²) >= 11 is 8.22. The van der Waals surface area contributed by atoms with Crippen molar-refractivity contribution in [2.75, 3.05) is 52.9 Å². The predicted octanol–water partition coefficient (Wildman–Crippen LogP) is 3.17. The number of carbonyl (C=O) groups excluding carboxylic acids is 1. The molecule has 0 amide bonds. The van der Waals surface area contributed by atoms with Crippen molar-refractivity contribution in [3.8, 4) is 0 Å². The summed E-state index contributed by atoms with van der Waals surface area (Å²) in [6, 6.07) is 8.54. The maximum absolute atomic E-state index is 11.4. The Bertz CT molecular complexity index is 721. The standard InChI is InChI=1S/C20H27BrN2O4S.CH4O/c1-25-11-8-17(27-13-18(24)26-2)19(21)20(28)14-4-3-5-16(12-14)23-15-6-9-22-10-7-15;1-2/h3-5,8,12,15,22-23,28H,6-7,9-11,13H2,1-2H3;2H,1H3/b17-8-,20-19+;. The molecule has 0 unspecified atom stereocenters. The van der Waals surface area contributed by atoms with Crippen molar-refractivity contribution in [3.05, 3.63) is 46.1 Å². The molecule has 0 spiro atoms. The van der Waals surface area contributed by atoms with E-state index in [1.165, 1.54) is 7.11 Å². The zero-order chi connectivity index (χ0) is 22.4. The number of piperidine rings is 1. The molecule has 1 fully saturated rings. The van der Waals surface area contributed by atoms with E-state index in [0.717, 1.165) is 44.3 Å². The molecule has 7 nitrogen and oxygen atoms in total. The van der Waals surface area contributed by atoms with Gasteiger partial charge in [0.15, 0.2) is 6.61 Å². The number of esters is 1. The van der Waals surface area contributed by atoms with Gasteiger partial charge in [-0.3, -0.25) is 0 Å². The van der Waals surface area contributed by atoms with Gasteiger partial charge in [-0.1, -0.05) is 12.1 Å². The molecule has 30 heavy (non-hydrogen) atoms. The smallest absolute Gasteiger partial charge is 0.343 e. The lowest BCUT2D eigenvalue weighted by molar-refractivity contribution is -0.144. The molecule has 9 heteroatoms. The van der Waals surface area contributed by atoms with Gasteiger partial charge in [0.25, 0.3) is 0 Å². The Labute approximate surface area is 192 Å². The quantitative estimate of drug-likeness (QED) is 0.178. The molecule has 2 rings (SSSR count). The van der Waals surface area contributed by atoms with Gasteiger partial charge < -0.3 is 30.0 Å². The van der Waals surface area contributed by atoms with Crippen LogP contribution in [0.5, 0.6) is 0 Å². The fourth-order valence-corrected chi connectivity index (χ4v) is 3.52. The number of rotatable bonds is 9. The Kier molecular flexibility index (Phi) is 13.5. The second-order valence-electron chi connectivity index (χ2n) is 6.30. The lowest BCUT2D eigenvalue weighted by atomic mass is 10.1. The summed E-state index contributed by atoms with van der Waals surface area (Å²) in [5, 5.41) is 14.0. The molecule has 0 atom stereocenters. The largest absolute Gasteiger partial charge is 0.481 e. The normalized spacial score (nSPS) is 15.5. The Morgan fingerprint density at radius 1 is 1.33 bits per heavy atom. The number of aliphatic hydroxyl groups is 1. The average Bonchev–Trinajstić information content (AvgIpc) is 2.80. The van der Waals surface area contributed by atoms with Gasteiger partial charge in [-0.2, -0.15) is 0 Å². The first-order chi connectivity index (χ1) is 14.5. The van der Waals surface area contributed by atoms with Gasteiger partial charge in [0, 0.05) is 30.9 Å². The number of hydrogen-bond acceptors (Lipinski definition) is 8. The van der Waals surface area contributed by atoms with E-state index in [1.54, 1.807) is 13.2 Å². The first-order valence-electron chi connectivity index (χ1n) is 9.55. The number of thiol groups is 1. The third kappa shape index (κ3) is 9.09. The van der Waals surface area contributed by atoms with Crippen LogP contribution in [0.3, 0.4) is 0 Å². The molecule has 168 valence electrons. The van der Waals surface area contributed by atoms with Gasteiger partial charge in [-0.25, -0.2) is 4.79 Å². The highest BCUT2D eigenvalue weighted by atomic mass is 79.9. The summed E-state index contributed by atoms with van der Waals surface area (Å²) in [6.07, 6.45) is 3.94. The van der Waals surface area contributed by atoms with Crippen molar-refractivity contribution in [1.29, 1.82) is 0 Å². The van der Waals surface area contributed by atoms with E-state index in [4.69, 9.17) is 14.6 Å². The Balaban J connectivity index is 0.00000218.